The van der Waals surface area contributed by atoms with Crippen LogP contribution in [0.2, 0.25) is 0 Å². The molecule has 126 valence electrons. The van der Waals surface area contributed by atoms with Crippen LogP contribution in [0.3, 0.4) is 0 Å². The Morgan fingerprint density at radius 1 is 1.08 bits per heavy atom. The van der Waals surface area contributed by atoms with Crippen molar-refractivity contribution in [3.8, 4) is 0 Å². The van der Waals surface area contributed by atoms with E-state index in [0.717, 1.165) is 24.3 Å². The van der Waals surface area contributed by atoms with Crippen LogP contribution in [-0.2, 0) is 14.8 Å². The number of hydrogen-bond donors (Lipinski definition) is 1. The van der Waals surface area contributed by atoms with E-state index in [9.17, 15) is 28.4 Å². The molecule has 0 heterocycles. The number of hydrogen-bond acceptors (Lipinski definition) is 6. The van der Waals surface area contributed by atoms with Crippen LogP contribution >= 0.6 is 0 Å². The number of nitro groups is 1. The lowest BCUT2D eigenvalue weighted by molar-refractivity contribution is -0.384. The summed E-state index contributed by atoms with van der Waals surface area (Å²) in [6.45, 7) is 0. The van der Waals surface area contributed by atoms with Crippen molar-refractivity contribution in [3.63, 3.8) is 0 Å². The van der Waals surface area contributed by atoms with Crippen LogP contribution < -0.4 is 9.83 Å². The number of nitro benzene ring substituents is 1. The number of aliphatic carboxylic acids is 1. The molecule has 0 saturated carbocycles. The lowest BCUT2D eigenvalue weighted by Crippen LogP contribution is -2.34. The maximum absolute atomic E-state index is 12.4. The molecular formula is C15H13N2O6S-. The number of nitrogens with zero attached hydrogens (tertiary/aromatic N) is 1. The van der Waals surface area contributed by atoms with Gasteiger partial charge in [-0.3, -0.25) is 10.1 Å². The monoisotopic (exact) mass is 349 g/mol. The molecule has 0 bridgehead atoms. The van der Waals surface area contributed by atoms with E-state index >= 15 is 0 Å². The summed E-state index contributed by atoms with van der Waals surface area (Å²) in [7, 11) is -4.06. The molecule has 0 radical (unpaired) electrons. The third-order valence-corrected chi connectivity index (χ3v) is 4.72. The first kappa shape index (κ1) is 17.6. The van der Waals surface area contributed by atoms with Gasteiger partial charge in [-0.1, -0.05) is 30.3 Å². The third kappa shape index (κ3) is 4.37. The minimum Gasteiger partial charge on any atom is -0.550 e. The highest BCUT2D eigenvalue weighted by Gasteiger charge is 2.22. The fraction of sp³-hybridized carbons (Fsp3) is 0.133. The van der Waals surface area contributed by atoms with E-state index in [4.69, 9.17) is 0 Å². The van der Waals surface area contributed by atoms with Crippen molar-refractivity contribution in [2.45, 2.75) is 17.4 Å². The van der Waals surface area contributed by atoms with Gasteiger partial charge in [0.25, 0.3) is 5.69 Å². The molecule has 0 fully saturated rings. The second kappa shape index (κ2) is 7.20. The normalized spacial score (nSPS) is 12.5. The maximum Gasteiger partial charge on any atom is 0.269 e. The Bertz CT molecular complexity index is 834. The number of carboxylic acids is 1. The Morgan fingerprint density at radius 2 is 1.67 bits per heavy atom. The van der Waals surface area contributed by atoms with Crippen molar-refractivity contribution >= 4 is 21.7 Å². The molecule has 0 amide bonds. The topological polar surface area (TPSA) is 129 Å². The maximum atomic E-state index is 12.4. The molecular weight excluding hydrogens is 336 g/mol. The predicted octanol–water partition coefficient (Wildman–Crippen LogP) is 0.754. The third-order valence-electron chi connectivity index (χ3n) is 3.23. The summed E-state index contributed by atoms with van der Waals surface area (Å²) >= 11 is 0. The molecule has 2 rings (SSSR count). The fourth-order valence-corrected chi connectivity index (χ4v) is 3.31. The fourth-order valence-electron chi connectivity index (χ4n) is 2.08. The van der Waals surface area contributed by atoms with Gasteiger partial charge in [0, 0.05) is 24.5 Å². The van der Waals surface area contributed by atoms with E-state index in [0.29, 0.717) is 5.56 Å². The first-order chi connectivity index (χ1) is 11.3. The number of carbonyl (C=O) groups excluding carboxylic acids is 1. The molecule has 8 nitrogen and oxygen atoms in total. The second-order valence-corrected chi connectivity index (χ2v) is 6.63. The number of rotatable bonds is 7. The quantitative estimate of drug-likeness (QED) is 0.580. The van der Waals surface area contributed by atoms with Gasteiger partial charge in [0.15, 0.2) is 0 Å². The van der Waals surface area contributed by atoms with Crippen molar-refractivity contribution in [3.05, 3.63) is 70.3 Å². The molecule has 0 aliphatic rings. The van der Waals surface area contributed by atoms with Crippen LogP contribution in [0.15, 0.2) is 59.5 Å². The van der Waals surface area contributed by atoms with Gasteiger partial charge >= 0.3 is 0 Å². The predicted molar refractivity (Wildman–Crippen MR) is 82.2 cm³/mol. The van der Waals surface area contributed by atoms with Crippen LogP contribution in [-0.4, -0.2) is 19.3 Å². The van der Waals surface area contributed by atoms with Crippen LogP contribution in [0.1, 0.15) is 18.0 Å². The molecule has 0 aliphatic carbocycles. The number of non-ortho nitro benzene ring substituents is 1. The van der Waals surface area contributed by atoms with Gasteiger partial charge in [0.2, 0.25) is 10.0 Å². The molecule has 2 aromatic carbocycles. The van der Waals surface area contributed by atoms with Crippen molar-refractivity contribution in [2.24, 2.45) is 0 Å². The van der Waals surface area contributed by atoms with Gasteiger partial charge in [0.05, 0.1) is 15.9 Å². The summed E-state index contributed by atoms with van der Waals surface area (Å²) in [6, 6.07) is 11.5. The van der Waals surface area contributed by atoms with Crippen LogP contribution in [0.4, 0.5) is 5.69 Å². The van der Waals surface area contributed by atoms with Gasteiger partial charge in [-0.25, -0.2) is 13.1 Å². The van der Waals surface area contributed by atoms with E-state index in [-0.39, 0.29) is 10.6 Å². The molecule has 9 heteroatoms. The summed E-state index contributed by atoms with van der Waals surface area (Å²) in [5.41, 5.74) is 0.218. The second-order valence-electron chi connectivity index (χ2n) is 4.91. The summed E-state index contributed by atoms with van der Waals surface area (Å²) in [5.74, 6) is -1.41. The van der Waals surface area contributed by atoms with Gasteiger partial charge in [0.1, 0.15) is 0 Å². The molecule has 0 saturated heterocycles. The first-order valence-corrected chi connectivity index (χ1v) is 8.29. The largest absolute Gasteiger partial charge is 0.550 e. The van der Waals surface area contributed by atoms with E-state index in [1.807, 2.05) is 0 Å². The average Bonchev–Trinajstić information content (AvgIpc) is 2.54. The summed E-state index contributed by atoms with van der Waals surface area (Å²) in [4.78, 5) is 20.7. The van der Waals surface area contributed by atoms with Crippen LogP contribution in [0.5, 0.6) is 0 Å². The Morgan fingerprint density at radius 3 is 2.17 bits per heavy atom. The molecule has 0 unspecified atom stereocenters. The molecule has 0 aromatic heterocycles. The van der Waals surface area contributed by atoms with Crippen LogP contribution in [0.25, 0.3) is 0 Å². The average molecular weight is 349 g/mol. The zero-order chi connectivity index (χ0) is 17.7. The zero-order valence-electron chi connectivity index (χ0n) is 12.3. The molecule has 0 aliphatic heterocycles. The number of carbonyl (C=O) groups is 1. The Labute approximate surface area is 138 Å². The highest BCUT2D eigenvalue weighted by atomic mass is 32.2. The van der Waals surface area contributed by atoms with E-state index in [1.165, 1.54) is 0 Å². The lowest BCUT2D eigenvalue weighted by Gasteiger charge is -2.19. The van der Waals surface area contributed by atoms with Crippen molar-refractivity contribution in [2.75, 3.05) is 0 Å². The highest BCUT2D eigenvalue weighted by Crippen LogP contribution is 2.21. The van der Waals surface area contributed by atoms with E-state index in [1.54, 1.807) is 30.3 Å². The zero-order valence-corrected chi connectivity index (χ0v) is 13.1. The number of sulfonamides is 1. The summed E-state index contributed by atoms with van der Waals surface area (Å²) in [6.07, 6.45) is -0.545. The highest BCUT2D eigenvalue weighted by molar-refractivity contribution is 7.89. The molecule has 1 atom stereocenters. The molecule has 2 aromatic rings. The van der Waals surface area contributed by atoms with E-state index in [2.05, 4.69) is 4.72 Å². The van der Waals surface area contributed by atoms with Gasteiger partial charge in [-0.05, 0) is 17.7 Å². The summed E-state index contributed by atoms with van der Waals surface area (Å²) < 4.78 is 27.1. The minimum absolute atomic E-state index is 0.202. The number of carboxylic acid groups (broad SMARTS) is 1. The van der Waals surface area contributed by atoms with Crippen LogP contribution in [0, 0.1) is 10.1 Å². The van der Waals surface area contributed by atoms with Gasteiger partial charge in [-0.2, -0.15) is 0 Å². The lowest BCUT2D eigenvalue weighted by atomic mass is 10.1. The van der Waals surface area contributed by atoms with Crippen molar-refractivity contribution < 1.29 is 23.2 Å². The number of benzene rings is 2. The van der Waals surface area contributed by atoms with Crippen molar-refractivity contribution in [1.29, 1.82) is 0 Å². The van der Waals surface area contributed by atoms with Gasteiger partial charge in [-0.15, -0.1) is 0 Å². The Balaban J connectivity index is 2.29. The number of nitrogens with one attached hydrogen (secondary N) is 1. The first-order valence-electron chi connectivity index (χ1n) is 6.81. The summed E-state index contributed by atoms with van der Waals surface area (Å²) in [5, 5.41) is 21.5. The Kier molecular flexibility index (Phi) is 5.27. The van der Waals surface area contributed by atoms with Gasteiger partial charge < -0.3 is 9.90 Å². The smallest absolute Gasteiger partial charge is 0.269 e. The molecule has 24 heavy (non-hydrogen) atoms. The minimum atomic E-state index is -4.06. The molecule has 0 spiro atoms. The SMILES string of the molecule is O=C([O-])C[C@@H](NS(=O)(=O)c1ccc([N+](=O)[O-])cc1)c1ccccc1. The molecule has 1 N–H and O–H groups in total. The Hall–Kier alpha value is -2.78. The standard InChI is InChI=1S/C15H14N2O6S/c18-15(19)10-14(11-4-2-1-3-5-11)16-24(22,23)13-8-6-12(7-9-13)17(20)21/h1-9,14,16H,10H2,(H,18,19)/p-1/t14-/m1/s1. The van der Waals surface area contributed by atoms with Crippen molar-refractivity contribution in [1.82, 2.24) is 4.72 Å². The van der Waals surface area contributed by atoms with E-state index < -0.39 is 33.4 Å².